The molecular formula is C27H35N3O6S. The van der Waals surface area contributed by atoms with Crippen molar-refractivity contribution in [2.24, 2.45) is 0 Å². The fraction of sp³-hybridized carbons (Fsp3) is 0.444. The minimum atomic E-state index is -3.88. The number of hydrogen-bond acceptors (Lipinski definition) is 6. The van der Waals surface area contributed by atoms with Crippen molar-refractivity contribution >= 4 is 33.3 Å². The number of nitrogens with zero attached hydrogens (tertiary/aromatic N) is 2. The third-order valence-corrected chi connectivity index (χ3v) is 7.74. The van der Waals surface area contributed by atoms with Crippen molar-refractivity contribution in [2.45, 2.75) is 58.2 Å². The Bertz CT molecular complexity index is 1220. The second-order valence-corrected chi connectivity index (χ2v) is 11.3. The third-order valence-electron chi connectivity index (χ3n) is 6.60. The van der Waals surface area contributed by atoms with Crippen LogP contribution in [-0.2, 0) is 26.2 Å². The Hall–Kier alpha value is -3.40. The van der Waals surface area contributed by atoms with Gasteiger partial charge < -0.3 is 15.0 Å². The molecule has 0 radical (unpaired) electrons. The number of anilines is 1. The Balaban J connectivity index is 1.90. The van der Waals surface area contributed by atoms with Gasteiger partial charge in [-0.25, -0.2) is 8.42 Å². The highest BCUT2D eigenvalue weighted by molar-refractivity contribution is 7.92. The molecule has 0 aromatic heterocycles. The van der Waals surface area contributed by atoms with Crippen LogP contribution in [0.15, 0.2) is 48.5 Å². The minimum Gasteiger partial charge on any atom is -0.497 e. The summed E-state index contributed by atoms with van der Waals surface area (Å²) in [5, 5.41) is 3.03. The van der Waals surface area contributed by atoms with E-state index in [0.29, 0.717) is 11.3 Å². The third kappa shape index (κ3) is 7.55. The van der Waals surface area contributed by atoms with E-state index in [1.807, 2.05) is 0 Å². The number of carbonyl (C=O) groups excluding carboxylic acids is 3. The molecule has 0 saturated heterocycles. The van der Waals surface area contributed by atoms with Crippen molar-refractivity contribution in [1.82, 2.24) is 10.2 Å². The van der Waals surface area contributed by atoms with E-state index in [9.17, 15) is 22.8 Å². The first kappa shape index (κ1) is 28.2. The van der Waals surface area contributed by atoms with E-state index in [-0.39, 0.29) is 30.0 Å². The van der Waals surface area contributed by atoms with Crippen LogP contribution in [0.5, 0.6) is 5.75 Å². The van der Waals surface area contributed by atoms with E-state index in [0.717, 1.165) is 41.8 Å². The zero-order valence-corrected chi connectivity index (χ0v) is 22.6. The molecule has 1 fully saturated rings. The van der Waals surface area contributed by atoms with Crippen molar-refractivity contribution in [3.05, 3.63) is 59.7 Å². The van der Waals surface area contributed by atoms with Gasteiger partial charge in [-0.2, -0.15) is 0 Å². The molecule has 0 unspecified atom stereocenters. The fourth-order valence-corrected chi connectivity index (χ4v) is 5.24. The number of Topliss-reactive ketones (excluding diaryl/α,β-unsaturated/α-hetero) is 1. The molecule has 37 heavy (non-hydrogen) atoms. The number of methoxy groups -OCH3 is 1. The molecule has 1 N–H and O–H groups in total. The van der Waals surface area contributed by atoms with Crippen molar-refractivity contribution in [2.75, 3.05) is 24.2 Å². The van der Waals surface area contributed by atoms with Gasteiger partial charge in [0.05, 0.1) is 19.1 Å². The number of hydrogen-bond donors (Lipinski definition) is 1. The van der Waals surface area contributed by atoms with Crippen LogP contribution in [0, 0.1) is 0 Å². The SMILES string of the molecule is COc1ccc(CN(C(=O)CN(c2cccc(C(C)=O)c2)S(C)(=O)=O)[C@H](C)C(=O)NC2CCCC2)cc1. The van der Waals surface area contributed by atoms with Gasteiger partial charge in [0.2, 0.25) is 21.8 Å². The van der Waals surface area contributed by atoms with Crippen LogP contribution in [0.2, 0.25) is 0 Å². The highest BCUT2D eigenvalue weighted by Gasteiger charge is 2.31. The van der Waals surface area contributed by atoms with Gasteiger partial charge in [0.15, 0.2) is 5.78 Å². The van der Waals surface area contributed by atoms with Gasteiger partial charge in [0, 0.05) is 18.2 Å². The van der Waals surface area contributed by atoms with E-state index in [2.05, 4.69) is 5.32 Å². The van der Waals surface area contributed by atoms with Gasteiger partial charge in [-0.1, -0.05) is 37.1 Å². The molecule has 9 nitrogen and oxygen atoms in total. The normalized spacial score (nSPS) is 14.6. The maximum atomic E-state index is 13.7. The van der Waals surface area contributed by atoms with E-state index in [1.165, 1.54) is 24.0 Å². The summed E-state index contributed by atoms with van der Waals surface area (Å²) in [4.78, 5) is 40.0. The van der Waals surface area contributed by atoms with E-state index < -0.39 is 28.5 Å². The minimum absolute atomic E-state index is 0.0785. The molecule has 0 bridgehead atoms. The van der Waals surface area contributed by atoms with Crippen molar-refractivity contribution < 1.29 is 27.5 Å². The standard InChI is InChI=1S/C27H35N3O6S/c1-19(27(33)28-23-9-5-6-10-23)29(17-21-12-14-25(36-3)15-13-21)26(32)18-30(37(4,34)35)24-11-7-8-22(16-24)20(2)31/h7-8,11-16,19,23H,5-6,9-10,17-18H2,1-4H3,(H,28,33)/t19-/m1/s1. The molecule has 1 aliphatic carbocycles. The molecule has 2 aromatic rings. The molecule has 0 spiro atoms. The lowest BCUT2D eigenvalue weighted by molar-refractivity contribution is -0.139. The quantitative estimate of drug-likeness (QED) is 0.448. The summed E-state index contributed by atoms with van der Waals surface area (Å²) in [7, 11) is -2.32. The molecule has 1 aliphatic rings. The largest absolute Gasteiger partial charge is 0.497 e. The average Bonchev–Trinajstić information content (AvgIpc) is 3.38. The number of benzene rings is 2. The first-order valence-corrected chi connectivity index (χ1v) is 14.2. The molecule has 2 amide bonds. The maximum Gasteiger partial charge on any atom is 0.244 e. The summed E-state index contributed by atoms with van der Waals surface area (Å²) < 4.78 is 31.6. The fourth-order valence-electron chi connectivity index (χ4n) is 4.40. The lowest BCUT2D eigenvalue weighted by atomic mass is 10.1. The Kier molecular flexibility index (Phi) is 9.31. The summed E-state index contributed by atoms with van der Waals surface area (Å²) in [5.74, 6) is -0.385. The molecule has 200 valence electrons. The number of sulfonamides is 1. The Morgan fingerprint density at radius 2 is 1.73 bits per heavy atom. The van der Waals surface area contributed by atoms with Gasteiger partial charge in [0.25, 0.3) is 0 Å². The summed E-state index contributed by atoms with van der Waals surface area (Å²) in [6.45, 7) is 2.62. The van der Waals surface area contributed by atoms with Crippen LogP contribution in [0.3, 0.4) is 0 Å². The van der Waals surface area contributed by atoms with Crippen molar-refractivity contribution in [3.8, 4) is 5.75 Å². The second-order valence-electron chi connectivity index (χ2n) is 9.41. The highest BCUT2D eigenvalue weighted by atomic mass is 32.2. The molecule has 0 heterocycles. The Morgan fingerprint density at radius 3 is 2.30 bits per heavy atom. The number of carbonyl (C=O) groups is 3. The number of ether oxygens (including phenoxy) is 1. The predicted molar refractivity (Wildman–Crippen MR) is 142 cm³/mol. The van der Waals surface area contributed by atoms with Crippen LogP contribution < -0.4 is 14.4 Å². The number of nitrogens with one attached hydrogen (secondary N) is 1. The summed E-state index contributed by atoms with van der Waals surface area (Å²) in [6, 6.07) is 12.5. The highest BCUT2D eigenvalue weighted by Crippen LogP contribution is 2.22. The lowest BCUT2D eigenvalue weighted by Gasteiger charge is -2.32. The number of amides is 2. The molecular weight excluding hydrogens is 494 g/mol. The summed E-state index contributed by atoms with van der Waals surface area (Å²) in [5.41, 5.74) is 1.30. The van der Waals surface area contributed by atoms with Crippen LogP contribution >= 0.6 is 0 Å². The van der Waals surface area contributed by atoms with Crippen LogP contribution in [0.25, 0.3) is 0 Å². The van der Waals surface area contributed by atoms with Gasteiger partial charge in [-0.05, 0) is 56.5 Å². The summed E-state index contributed by atoms with van der Waals surface area (Å²) in [6.07, 6.45) is 4.91. The maximum absolute atomic E-state index is 13.7. The molecule has 10 heteroatoms. The van der Waals surface area contributed by atoms with Gasteiger partial charge >= 0.3 is 0 Å². The second kappa shape index (κ2) is 12.2. The van der Waals surface area contributed by atoms with Gasteiger partial charge in [0.1, 0.15) is 18.3 Å². The first-order valence-electron chi connectivity index (χ1n) is 12.3. The molecule has 2 aromatic carbocycles. The topological polar surface area (TPSA) is 113 Å². The molecule has 1 atom stereocenters. The molecule has 1 saturated carbocycles. The lowest BCUT2D eigenvalue weighted by Crippen LogP contribution is -2.52. The van der Waals surface area contributed by atoms with Gasteiger partial charge in [-0.3, -0.25) is 18.7 Å². The van der Waals surface area contributed by atoms with Crippen LogP contribution in [-0.4, -0.2) is 62.9 Å². The Morgan fingerprint density at radius 1 is 1.08 bits per heavy atom. The van der Waals surface area contributed by atoms with Crippen LogP contribution in [0.1, 0.15) is 55.5 Å². The zero-order valence-electron chi connectivity index (χ0n) is 21.8. The zero-order chi connectivity index (χ0) is 27.2. The first-order chi connectivity index (χ1) is 17.5. The van der Waals surface area contributed by atoms with E-state index >= 15 is 0 Å². The summed E-state index contributed by atoms with van der Waals surface area (Å²) >= 11 is 0. The smallest absolute Gasteiger partial charge is 0.244 e. The average molecular weight is 530 g/mol. The predicted octanol–water partition coefficient (Wildman–Crippen LogP) is 3.14. The van der Waals surface area contributed by atoms with Gasteiger partial charge in [-0.15, -0.1) is 0 Å². The van der Waals surface area contributed by atoms with E-state index in [4.69, 9.17) is 4.74 Å². The molecule has 0 aliphatic heterocycles. The van der Waals surface area contributed by atoms with Crippen LogP contribution in [0.4, 0.5) is 5.69 Å². The molecule has 3 rings (SSSR count). The Labute approximate surface area is 218 Å². The van der Waals surface area contributed by atoms with Crippen molar-refractivity contribution in [3.63, 3.8) is 0 Å². The van der Waals surface area contributed by atoms with E-state index in [1.54, 1.807) is 50.4 Å². The monoisotopic (exact) mass is 529 g/mol. The number of rotatable bonds is 11. The number of ketones is 1. The van der Waals surface area contributed by atoms with Crippen molar-refractivity contribution in [1.29, 1.82) is 0 Å².